The number of nitrogens with two attached hydrogens (primary N) is 1. The van der Waals surface area contributed by atoms with Crippen LogP contribution in [-0.2, 0) is 0 Å². The normalized spacial score (nSPS) is 12.8. The summed E-state index contributed by atoms with van der Waals surface area (Å²) in [5.41, 5.74) is 8.01. The van der Waals surface area contributed by atoms with Crippen molar-refractivity contribution in [3.8, 4) is 0 Å². The van der Waals surface area contributed by atoms with E-state index in [4.69, 9.17) is 5.73 Å². The summed E-state index contributed by atoms with van der Waals surface area (Å²) in [7, 11) is 0. The maximum absolute atomic E-state index is 9.55. The molecular weight excluding hydrogens is 262 g/mol. The molecule has 0 aliphatic carbocycles. The molecule has 4 nitrogen and oxygen atoms in total. The Bertz CT molecular complexity index is 457. The molecular formula is C17H29N3O. The SMILES string of the molecule is CCC(CC)(CO)CN=C(N)Nc1cccc(C(C)C)c1. The number of nitrogens with zero attached hydrogens (tertiary/aromatic N) is 1. The molecule has 0 saturated heterocycles. The van der Waals surface area contributed by atoms with Crippen LogP contribution in [0.25, 0.3) is 0 Å². The Labute approximate surface area is 128 Å². The number of guanidine groups is 1. The highest BCUT2D eigenvalue weighted by Gasteiger charge is 2.24. The Balaban J connectivity index is 2.74. The zero-order valence-corrected chi connectivity index (χ0v) is 13.7. The Morgan fingerprint density at radius 1 is 1.33 bits per heavy atom. The highest BCUT2D eigenvalue weighted by Crippen LogP contribution is 2.26. The van der Waals surface area contributed by atoms with Gasteiger partial charge in [0.1, 0.15) is 0 Å². The topological polar surface area (TPSA) is 70.6 Å². The Morgan fingerprint density at radius 2 is 2.00 bits per heavy atom. The van der Waals surface area contributed by atoms with Crippen molar-refractivity contribution >= 4 is 11.6 Å². The maximum Gasteiger partial charge on any atom is 0.193 e. The average Bonchev–Trinajstić information content (AvgIpc) is 2.49. The van der Waals surface area contributed by atoms with Crippen LogP contribution in [-0.4, -0.2) is 24.2 Å². The molecule has 1 aromatic carbocycles. The first kappa shape index (κ1) is 17.5. The highest BCUT2D eigenvalue weighted by molar-refractivity contribution is 5.92. The Morgan fingerprint density at radius 3 is 2.52 bits per heavy atom. The average molecular weight is 291 g/mol. The fraction of sp³-hybridized carbons (Fsp3) is 0.588. The monoisotopic (exact) mass is 291 g/mol. The molecule has 21 heavy (non-hydrogen) atoms. The van der Waals surface area contributed by atoms with Gasteiger partial charge in [0.2, 0.25) is 0 Å². The van der Waals surface area contributed by atoms with Gasteiger partial charge in [-0.05, 0) is 36.5 Å². The molecule has 0 amide bonds. The van der Waals surface area contributed by atoms with Gasteiger partial charge in [0, 0.05) is 11.1 Å². The van der Waals surface area contributed by atoms with Crippen LogP contribution in [0.3, 0.4) is 0 Å². The lowest BCUT2D eigenvalue weighted by molar-refractivity contribution is 0.123. The molecule has 1 rings (SSSR count). The second-order valence-electron chi connectivity index (χ2n) is 5.97. The van der Waals surface area contributed by atoms with Gasteiger partial charge < -0.3 is 16.2 Å². The lowest BCUT2D eigenvalue weighted by atomic mass is 9.83. The van der Waals surface area contributed by atoms with E-state index in [-0.39, 0.29) is 12.0 Å². The predicted octanol–water partition coefficient (Wildman–Crippen LogP) is 3.34. The van der Waals surface area contributed by atoms with E-state index in [2.05, 4.69) is 50.1 Å². The van der Waals surface area contributed by atoms with Crippen molar-refractivity contribution in [1.82, 2.24) is 0 Å². The van der Waals surface area contributed by atoms with Crippen LogP contribution in [0.5, 0.6) is 0 Å². The second kappa shape index (κ2) is 8.03. The summed E-state index contributed by atoms with van der Waals surface area (Å²) in [6, 6.07) is 8.19. The predicted molar refractivity (Wildman–Crippen MR) is 90.7 cm³/mol. The van der Waals surface area contributed by atoms with E-state index in [0.717, 1.165) is 18.5 Å². The molecule has 0 atom stereocenters. The molecule has 0 saturated carbocycles. The molecule has 0 bridgehead atoms. The molecule has 4 heteroatoms. The van der Waals surface area contributed by atoms with Gasteiger partial charge in [0.05, 0.1) is 13.2 Å². The standard InChI is InChI=1S/C17H29N3O/c1-5-17(6-2,12-21)11-19-16(18)20-15-9-7-8-14(10-15)13(3)4/h7-10,13,21H,5-6,11-12H2,1-4H3,(H3,18,19,20). The van der Waals surface area contributed by atoms with Gasteiger partial charge in [-0.1, -0.05) is 39.8 Å². The van der Waals surface area contributed by atoms with E-state index in [1.165, 1.54) is 5.56 Å². The number of nitrogens with one attached hydrogen (secondary N) is 1. The van der Waals surface area contributed by atoms with Crippen LogP contribution in [0.4, 0.5) is 5.69 Å². The van der Waals surface area contributed by atoms with E-state index in [9.17, 15) is 5.11 Å². The number of aliphatic hydroxyl groups excluding tert-OH is 1. The molecule has 4 N–H and O–H groups in total. The minimum atomic E-state index is -0.161. The van der Waals surface area contributed by atoms with Crippen LogP contribution in [0, 0.1) is 5.41 Å². The lowest BCUT2D eigenvalue weighted by Gasteiger charge is -2.27. The van der Waals surface area contributed by atoms with Crippen molar-refractivity contribution in [2.75, 3.05) is 18.5 Å². The number of hydrogen-bond donors (Lipinski definition) is 3. The van der Waals surface area contributed by atoms with Crippen LogP contribution in [0.1, 0.15) is 52.0 Å². The zero-order chi connectivity index (χ0) is 15.9. The van der Waals surface area contributed by atoms with Gasteiger partial charge in [0.25, 0.3) is 0 Å². The third-order valence-corrected chi connectivity index (χ3v) is 4.25. The van der Waals surface area contributed by atoms with Gasteiger partial charge in [-0.25, -0.2) is 0 Å². The van der Waals surface area contributed by atoms with E-state index in [1.807, 2.05) is 12.1 Å². The van der Waals surface area contributed by atoms with Gasteiger partial charge in [-0.2, -0.15) is 0 Å². The number of anilines is 1. The van der Waals surface area contributed by atoms with Crippen LogP contribution in [0.2, 0.25) is 0 Å². The minimum Gasteiger partial charge on any atom is -0.396 e. The molecule has 0 fully saturated rings. The number of aliphatic hydroxyl groups is 1. The number of hydrogen-bond acceptors (Lipinski definition) is 2. The third-order valence-electron chi connectivity index (χ3n) is 4.25. The van der Waals surface area contributed by atoms with Crippen molar-refractivity contribution in [2.45, 2.75) is 46.5 Å². The largest absolute Gasteiger partial charge is 0.396 e. The summed E-state index contributed by atoms with van der Waals surface area (Å²) in [6.45, 7) is 9.15. The smallest absolute Gasteiger partial charge is 0.193 e. The first-order valence-corrected chi connectivity index (χ1v) is 7.74. The number of rotatable bonds is 7. The molecule has 0 aliphatic rings. The summed E-state index contributed by atoms with van der Waals surface area (Å²) in [6.07, 6.45) is 1.78. The summed E-state index contributed by atoms with van der Waals surface area (Å²) in [5, 5.41) is 12.7. The summed E-state index contributed by atoms with van der Waals surface area (Å²) >= 11 is 0. The Kier molecular flexibility index (Phi) is 6.69. The van der Waals surface area contributed by atoms with E-state index < -0.39 is 0 Å². The van der Waals surface area contributed by atoms with E-state index in [0.29, 0.717) is 18.4 Å². The van der Waals surface area contributed by atoms with Crippen molar-refractivity contribution < 1.29 is 5.11 Å². The van der Waals surface area contributed by atoms with Crippen molar-refractivity contribution in [1.29, 1.82) is 0 Å². The van der Waals surface area contributed by atoms with Gasteiger partial charge in [-0.15, -0.1) is 0 Å². The fourth-order valence-electron chi connectivity index (χ4n) is 2.16. The summed E-state index contributed by atoms with van der Waals surface area (Å²) < 4.78 is 0. The molecule has 0 aromatic heterocycles. The third kappa shape index (κ3) is 5.05. The molecule has 0 radical (unpaired) electrons. The second-order valence-corrected chi connectivity index (χ2v) is 5.97. The summed E-state index contributed by atoms with van der Waals surface area (Å²) in [4.78, 5) is 4.40. The first-order valence-electron chi connectivity index (χ1n) is 7.74. The molecule has 0 heterocycles. The highest BCUT2D eigenvalue weighted by atomic mass is 16.3. The van der Waals surface area contributed by atoms with Gasteiger partial charge >= 0.3 is 0 Å². The molecule has 0 spiro atoms. The molecule has 118 valence electrons. The maximum atomic E-state index is 9.55. The van der Waals surface area contributed by atoms with Crippen molar-refractivity contribution in [2.24, 2.45) is 16.1 Å². The van der Waals surface area contributed by atoms with Crippen LogP contribution < -0.4 is 11.1 Å². The lowest BCUT2D eigenvalue weighted by Crippen LogP contribution is -2.30. The molecule has 1 aromatic rings. The first-order chi connectivity index (χ1) is 9.96. The van der Waals surface area contributed by atoms with E-state index in [1.54, 1.807) is 0 Å². The summed E-state index contributed by atoms with van der Waals surface area (Å²) in [5.74, 6) is 0.878. The number of aliphatic imine (C=N–C) groups is 1. The van der Waals surface area contributed by atoms with Crippen molar-refractivity contribution in [3.63, 3.8) is 0 Å². The molecule has 0 aliphatic heterocycles. The fourth-order valence-corrected chi connectivity index (χ4v) is 2.16. The number of benzene rings is 1. The van der Waals surface area contributed by atoms with Crippen molar-refractivity contribution in [3.05, 3.63) is 29.8 Å². The Hall–Kier alpha value is -1.55. The zero-order valence-electron chi connectivity index (χ0n) is 13.7. The molecule has 0 unspecified atom stereocenters. The van der Waals surface area contributed by atoms with Crippen LogP contribution >= 0.6 is 0 Å². The van der Waals surface area contributed by atoms with Gasteiger partial charge in [0.15, 0.2) is 5.96 Å². The van der Waals surface area contributed by atoms with Crippen LogP contribution in [0.15, 0.2) is 29.3 Å². The quantitative estimate of drug-likeness (QED) is 0.533. The van der Waals surface area contributed by atoms with Gasteiger partial charge in [-0.3, -0.25) is 4.99 Å². The van der Waals surface area contributed by atoms with E-state index >= 15 is 0 Å². The minimum absolute atomic E-state index is 0.139.